The number of fused-ring (bicyclic) bond motifs is 5. The minimum atomic E-state index is 0.155. The van der Waals surface area contributed by atoms with E-state index in [2.05, 4.69) is 91.8 Å². The van der Waals surface area contributed by atoms with Crippen LogP contribution in [-0.4, -0.2) is 0 Å². The van der Waals surface area contributed by atoms with E-state index in [9.17, 15) is 0 Å². The summed E-state index contributed by atoms with van der Waals surface area (Å²) in [5.41, 5.74) is 16.0. The summed E-state index contributed by atoms with van der Waals surface area (Å²) in [6, 6.07) is 10.3. The molecule has 178 valence electrons. The van der Waals surface area contributed by atoms with Crippen LogP contribution in [0.25, 0.3) is 11.1 Å². The van der Waals surface area contributed by atoms with Crippen molar-refractivity contribution in [2.75, 3.05) is 0 Å². The summed E-state index contributed by atoms with van der Waals surface area (Å²) >= 11 is 0. The third-order valence-electron chi connectivity index (χ3n) is 9.57. The maximum absolute atomic E-state index is 2.59. The zero-order valence-corrected chi connectivity index (χ0v) is 22.6. The molecule has 4 aliphatic rings. The Morgan fingerprint density at radius 3 is 1.82 bits per heavy atom. The predicted molar refractivity (Wildman–Crippen MR) is 146 cm³/mol. The molecule has 2 aromatic carbocycles. The van der Waals surface area contributed by atoms with Gasteiger partial charge in [-0.05, 0) is 112 Å². The van der Waals surface area contributed by atoms with E-state index in [0.29, 0.717) is 11.8 Å². The van der Waals surface area contributed by atoms with Gasteiger partial charge in [0.15, 0.2) is 0 Å². The highest BCUT2D eigenvalue weighted by molar-refractivity contribution is 5.82. The van der Waals surface area contributed by atoms with E-state index in [0.717, 1.165) is 11.8 Å². The predicted octanol–water partition coefficient (Wildman–Crippen LogP) is 9.31. The van der Waals surface area contributed by atoms with Gasteiger partial charge in [0, 0.05) is 5.92 Å². The molecule has 0 heterocycles. The molecule has 2 aromatic rings. The van der Waals surface area contributed by atoms with Crippen LogP contribution in [0.5, 0.6) is 0 Å². The molecule has 0 aromatic heterocycles. The van der Waals surface area contributed by atoms with Crippen LogP contribution in [0.1, 0.15) is 107 Å². The number of benzene rings is 2. The molecule has 0 radical (unpaired) electrons. The summed E-state index contributed by atoms with van der Waals surface area (Å²) in [7, 11) is 0. The van der Waals surface area contributed by atoms with Crippen molar-refractivity contribution in [3.63, 3.8) is 0 Å². The number of allylic oxidation sites excluding steroid dienone is 4. The molecule has 4 aliphatic carbocycles. The lowest BCUT2D eigenvalue weighted by molar-refractivity contribution is 0.339. The highest BCUT2D eigenvalue weighted by Crippen LogP contribution is 2.62. The lowest BCUT2D eigenvalue weighted by atomic mass is 9.72. The summed E-state index contributed by atoms with van der Waals surface area (Å²) < 4.78 is 0. The first-order valence-corrected chi connectivity index (χ1v) is 13.7. The fraction of sp³-hybridized carbons (Fsp3) is 0.529. The van der Waals surface area contributed by atoms with Crippen molar-refractivity contribution < 1.29 is 0 Å². The van der Waals surface area contributed by atoms with Crippen LogP contribution in [-0.2, 0) is 10.8 Å². The van der Waals surface area contributed by atoms with E-state index in [-0.39, 0.29) is 10.8 Å². The Bertz CT molecular complexity index is 1180. The maximum atomic E-state index is 2.59. The van der Waals surface area contributed by atoms with E-state index in [1.807, 2.05) is 0 Å². The standard InChI is InChI=1S/C34H42/c1-19-15-27-25(17-29(19)33(3,4)5)26-18-30(34(6,7)8)20(2)16-28(26)32(27)31-23-13-9-11-21(23)22-12-10-14-24(22)31/h9,13,15-18,22,24,31-32H,10-12,14H2,1-8H3. The Hall–Kier alpha value is -2.08. The molecule has 3 atom stereocenters. The molecular formula is C34H42. The molecule has 1 fully saturated rings. The topological polar surface area (TPSA) is 0 Å². The first kappa shape index (κ1) is 22.4. The third-order valence-corrected chi connectivity index (χ3v) is 9.57. The fourth-order valence-corrected chi connectivity index (χ4v) is 8.35. The number of aryl methyl sites for hydroxylation is 2. The lowest BCUT2D eigenvalue weighted by Gasteiger charge is -2.31. The van der Waals surface area contributed by atoms with Gasteiger partial charge in [0.05, 0.1) is 0 Å². The monoisotopic (exact) mass is 450 g/mol. The molecule has 3 unspecified atom stereocenters. The van der Waals surface area contributed by atoms with Gasteiger partial charge in [-0.3, -0.25) is 0 Å². The Morgan fingerprint density at radius 2 is 1.29 bits per heavy atom. The fourth-order valence-electron chi connectivity index (χ4n) is 8.35. The van der Waals surface area contributed by atoms with Gasteiger partial charge in [0.1, 0.15) is 0 Å². The summed E-state index contributed by atoms with van der Waals surface area (Å²) in [6.45, 7) is 18.9. The molecule has 0 amide bonds. The van der Waals surface area contributed by atoms with Crippen LogP contribution in [0.4, 0.5) is 0 Å². The molecule has 0 nitrogen and oxygen atoms in total. The molecule has 0 N–H and O–H groups in total. The van der Waals surface area contributed by atoms with E-state index in [1.54, 1.807) is 22.3 Å². The largest absolute Gasteiger partial charge is 0.0802 e. The average molecular weight is 451 g/mol. The second-order valence-corrected chi connectivity index (χ2v) is 13.8. The van der Waals surface area contributed by atoms with Gasteiger partial charge >= 0.3 is 0 Å². The van der Waals surface area contributed by atoms with Crippen LogP contribution in [0.15, 0.2) is 47.6 Å². The molecule has 0 heteroatoms. The molecule has 1 saturated carbocycles. The van der Waals surface area contributed by atoms with Crippen LogP contribution in [0, 0.1) is 31.6 Å². The number of hydrogen-bond donors (Lipinski definition) is 0. The van der Waals surface area contributed by atoms with Gasteiger partial charge in [-0.15, -0.1) is 0 Å². The van der Waals surface area contributed by atoms with Crippen molar-refractivity contribution in [3.8, 4) is 11.1 Å². The van der Waals surface area contributed by atoms with Gasteiger partial charge in [0.25, 0.3) is 0 Å². The highest BCUT2D eigenvalue weighted by Gasteiger charge is 2.50. The summed E-state index contributed by atoms with van der Waals surface area (Å²) in [5.74, 6) is 2.84. The smallest absolute Gasteiger partial charge is 0.0173 e. The van der Waals surface area contributed by atoms with E-state index in [1.165, 1.54) is 59.1 Å². The minimum absolute atomic E-state index is 0.155. The van der Waals surface area contributed by atoms with Crippen molar-refractivity contribution in [2.45, 2.75) is 97.8 Å². The molecular weight excluding hydrogens is 408 g/mol. The number of rotatable bonds is 1. The maximum Gasteiger partial charge on any atom is 0.0173 e. The first-order valence-electron chi connectivity index (χ1n) is 13.7. The third kappa shape index (κ3) is 3.09. The minimum Gasteiger partial charge on any atom is -0.0802 e. The van der Waals surface area contributed by atoms with Gasteiger partial charge in [-0.2, -0.15) is 0 Å². The first-order chi connectivity index (χ1) is 16.0. The molecule has 0 aliphatic heterocycles. The van der Waals surface area contributed by atoms with Crippen molar-refractivity contribution >= 4 is 0 Å². The summed E-state index contributed by atoms with van der Waals surface area (Å²) in [5, 5.41) is 0. The average Bonchev–Trinajstić information content (AvgIpc) is 3.47. The molecule has 34 heavy (non-hydrogen) atoms. The number of hydrogen-bond acceptors (Lipinski definition) is 0. The quantitative estimate of drug-likeness (QED) is 0.406. The Labute approximate surface area is 207 Å². The van der Waals surface area contributed by atoms with Gasteiger partial charge in [-0.25, -0.2) is 0 Å². The molecule has 0 saturated heterocycles. The van der Waals surface area contributed by atoms with Crippen LogP contribution < -0.4 is 0 Å². The van der Waals surface area contributed by atoms with Gasteiger partial charge in [0.2, 0.25) is 0 Å². The van der Waals surface area contributed by atoms with E-state index in [4.69, 9.17) is 0 Å². The zero-order chi connectivity index (χ0) is 24.2. The molecule has 6 rings (SSSR count). The van der Waals surface area contributed by atoms with Crippen LogP contribution in [0.3, 0.4) is 0 Å². The molecule has 0 spiro atoms. The normalized spacial score (nSPS) is 25.7. The SMILES string of the molecule is Cc1cc2c(cc1C(C)(C)C)-c1cc(C(C)(C)C)c(C)cc1C2C1C2=C(CC=C2)C2CCCC21. The Morgan fingerprint density at radius 1 is 0.735 bits per heavy atom. The van der Waals surface area contributed by atoms with Crippen molar-refractivity contribution in [1.82, 2.24) is 0 Å². The Kier molecular flexibility index (Phi) is 4.75. The van der Waals surface area contributed by atoms with Gasteiger partial charge in [-0.1, -0.05) is 90.0 Å². The van der Waals surface area contributed by atoms with Crippen molar-refractivity contribution in [3.05, 3.63) is 80.9 Å². The van der Waals surface area contributed by atoms with Crippen molar-refractivity contribution in [1.29, 1.82) is 0 Å². The second-order valence-electron chi connectivity index (χ2n) is 13.8. The van der Waals surface area contributed by atoms with Crippen LogP contribution >= 0.6 is 0 Å². The van der Waals surface area contributed by atoms with E-state index < -0.39 is 0 Å². The lowest BCUT2D eigenvalue weighted by Crippen LogP contribution is -2.22. The second kappa shape index (κ2) is 7.22. The van der Waals surface area contributed by atoms with Crippen LogP contribution in [0.2, 0.25) is 0 Å². The van der Waals surface area contributed by atoms with Gasteiger partial charge < -0.3 is 0 Å². The van der Waals surface area contributed by atoms with E-state index >= 15 is 0 Å². The summed E-state index contributed by atoms with van der Waals surface area (Å²) in [4.78, 5) is 0. The zero-order valence-electron chi connectivity index (χ0n) is 22.6. The highest BCUT2D eigenvalue weighted by atomic mass is 14.5. The summed E-state index contributed by atoms with van der Waals surface area (Å²) in [6.07, 6.45) is 10.4. The molecule has 0 bridgehead atoms. The van der Waals surface area contributed by atoms with Crippen molar-refractivity contribution in [2.24, 2.45) is 17.8 Å². The Balaban J connectivity index is 1.62.